The fraction of sp³-hybridized carbons (Fsp3) is 0.250. The van der Waals surface area contributed by atoms with Crippen LogP contribution in [0.4, 0.5) is 3.89 Å². The molecular weight excluding hydrogens is 353 g/mol. The molecule has 1 aromatic carbocycles. The molecule has 1 aromatic heterocycles. The summed E-state index contributed by atoms with van der Waals surface area (Å²) < 4.78 is 34.4. The maximum absolute atomic E-state index is 12.8. The molecule has 0 aliphatic rings. The van der Waals surface area contributed by atoms with Gasteiger partial charge in [-0.3, -0.25) is 4.79 Å². The van der Waals surface area contributed by atoms with E-state index in [4.69, 9.17) is 11.6 Å². The Morgan fingerprint density at radius 2 is 2.05 bits per heavy atom. The lowest BCUT2D eigenvalue weighted by Crippen LogP contribution is -2.23. The molecule has 0 saturated carbocycles. The topological polar surface area (TPSA) is 89.0 Å². The van der Waals surface area contributed by atoms with Gasteiger partial charge in [-0.2, -0.15) is 8.42 Å². The van der Waals surface area contributed by atoms with Crippen molar-refractivity contribution in [1.82, 2.24) is 15.5 Å². The van der Waals surface area contributed by atoms with Crippen LogP contribution in [0.25, 0.3) is 0 Å². The minimum Gasteiger partial charge on any atom is -0.345 e. The normalized spacial score (nSPS) is 11.4. The van der Waals surface area contributed by atoms with Crippen LogP contribution in [-0.4, -0.2) is 24.5 Å². The molecule has 2 aromatic rings. The van der Waals surface area contributed by atoms with E-state index in [1.807, 2.05) is 6.92 Å². The number of aromatic nitrogens is 2. The number of halogens is 2. The van der Waals surface area contributed by atoms with Crippen molar-refractivity contribution in [3.63, 3.8) is 0 Å². The zero-order valence-electron chi connectivity index (χ0n) is 11.3. The number of carbonyl (C=O) groups is 1. The van der Waals surface area contributed by atoms with Gasteiger partial charge in [-0.1, -0.05) is 29.9 Å². The summed E-state index contributed by atoms with van der Waals surface area (Å²) in [5.74, 6) is -0.513. The summed E-state index contributed by atoms with van der Waals surface area (Å²) in [6.07, 6.45) is 0.761. The maximum atomic E-state index is 12.8. The number of rotatable bonds is 5. The van der Waals surface area contributed by atoms with E-state index in [1.54, 1.807) is 0 Å². The first-order valence-electron chi connectivity index (χ1n) is 6.15. The Kier molecular flexibility index (Phi) is 5.09. The Hall–Kier alpha value is -1.58. The van der Waals surface area contributed by atoms with Gasteiger partial charge in [-0.25, -0.2) is 0 Å². The Bertz CT molecular complexity index is 808. The van der Waals surface area contributed by atoms with Crippen molar-refractivity contribution in [3.05, 3.63) is 38.8 Å². The standard InChI is InChI=1S/C12H11ClFN3O3S2/c1-2-10-16-17-11(21-10)6-15-12(18)8-4-3-7(5-9(8)13)22(14,19)20/h3-5H,2,6H2,1H3,(H,15,18). The molecule has 0 atom stereocenters. The van der Waals surface area contributed by atoms with Crippen LogP contribution in [0.15, 0.2) is 23.1 Å². The molecule has 1 heterocycles. The molecule has 2 rings (SSSR count). The number of aryl methyl sites for hydroxylation is 1. The van der Waals surface area contributed by atoms with E-state index in [0.29, 0.717) is 5.01 Å². The van der Waals surface area contributed by atoms with E-state index in [0.717, 1.165) is 29.6 Å². The fourth-order valence-corrected chi connectivity index (χ4v) is 3.13. The molecule has 0 saturated heterocycles. The van der Waals surface area contributed by atoms with Gasteiger partial charge in [-0.15, -0.1) is 14.1 Å². The highest BCUT2D eigenvalue weighted by atomic mass is 35.5. The third-order valence-electron chi connectivity index (χ3n) is 2.68. The fourth-order valence-electron chi connectivity index (χ4n) is 1.59. The zero-order valence-corrected chi connectivity index (χ0v) is 13.7. The van der Waals surface area contributed by atoms with Crippen LogP contribution < -0.4 is 5.32 Å². The highest BCUT2D eigenvalue weighted by Crippen LogP contribution is 2.22. The predicted molar refractivity (Wildman–Crippen MR) is 80.2 cm³/mol. The molecule has 0 aliphatic heterocycles. The third kappa shape index (κ3) is 3.99. The summed E-state index contributed by atoms with van der Waals surface area (Å²) in [6.45, 7) is 2.12. The molecular formula is C12H11ClFN3O3S2. The summed E-state index contributed by atoms with van der Waals surface area (Å²) in [5.41, 5.74) is 0.0503. The molecule has 0 aliphatic carbocycles. The van der Waals surface area contributed by atoms with E-state index >= 15 is 0 Å². The minimum absolute atomic E-state index is 0.0503. The Balaban J connectivity index is 2.09. The van der Waals surface area contributed by atoms with Crippen LogP contribution in [0.3, 0.4) is 0 Å². The van der Waals surface area contributed by atoms with Gasteiger partial charge in [0.05, 0.1) is 17.1 Å². The van der Waals surface area contributed by atoms with Crippen molar-refractivity contribution in [3.8, 4) is 0 Å². The van der Waals surface area contributed by atoms with Gasteiger partial charge in [0.1, 0.15) is 14.9 Å². The van der Waals surface area contributed by atoms with Crippen LogP contribution in [0.1, 0.15) is 27.3 Å². The molecule has 10 heteroatoms. The van der Waals surface area contributed by atoms with Crippen LogP contribution in [0, 0.1) is 0 Å². The third-order valence-corrected chi connectivity index (χ3v) is 4.88. The highest BCUT2D eigenvalue weighted by molar-refractivity contribution is 7.86. The second-order valence-corrected chi connectivity index (χ2v) is 7.11. The average Bonchev–Trinajstić information content (AvgIpc) is 2.91. The van der Waals surface area contributed by atoms with E-state index < -0.39 is 21.0 Å². The summed E-state index contributed by atoms with van der Waals surface area (Å²) in [7, 11) is -4.86. The van der Waals surface area contributed by atoms with Crippen LogP contribution in [0.2, 0.25) is 5.02 Å². The Labute approximate surface area is 135 Å². The monoisotopic (exact) mass is 363 g/mol. The first-order valence-corrected chi connectivity index (χ1v) is 8.72. The lowest BCUT2D eigenvalue weighted by molar-refractivity contribution is 0.0951. The summed E-state index contributed by atoms with van der Waals surface area (Å²) in [4.78, 5) is 11.4. The summed E-state index contributed by atoms with van der Waals surface area (Å²) in [6, 6.07) is 3.03. The number of amides is 1. The van der Waals surface area contributed by atoms with Crippen LogP contribution in [-0.2, 0) is 23.2 Å². The van der Waals surface area contributed by atoms with Gasteiger partial charge < -0.3 is 5.32 Å². The lowest BCUT2D eigenvalue weighted by atomic mass is 10.2. The van der Waals surface area contributed by atoms with Gasteiger partial charge in [0, 0.05) is 0 Å². The second kappa shape index (κ2) is 6.67. The Morgan fingerprint density at radius 1 is 1.36 bits per heavy atom. The van der Waals surface area contributed by atoms with Crippen molar-refractivity contribution in [2.24, 2.45) is 0 Å². The van der Waals surface area contributed by atoms with Crippen molar-refractivity contribution in [2.75, 3.05) is 0 Å². The summed E-state index contributed by atoms with van der Waals surface area (Å²) >= 11 is 7.20. The zero-order chi connectivity index (χ0) is 16.3. The van der Waals surface area contributed by atoms with Crippen LogP contribution in [0.5, 0.6) is 0 Å². The molecule has 6 nitrogen and oxygen atoms in total. The molecule has 0 spiro atoms. The first kappa shape index (κ1) is 16.8. The quantitative estimate of drug-likeness (QED) is 0.823. The van der Waals surface area contributed by atoms with Gasteiger partial charge in [0.15, 0.2) is 0 Å². The lowest BCUT2D eigenvalue weighted by Gasteiger charge is -2.06. The van der Waals surface area contributed by atoms with Gasteiger partial charge in [-0.05, 0) is 24.6 Å². The smallest absolute Gasteiger partial charge is 0.332 e. The van der Waals surface area contributed by atoms with E-state index in [2.05, 4.69) is 15.5 Å². The molecule has 0 unspecified atom stereocenters. The average molecular weight is 364 g/mol. The highest BCUT2D eigenvalue weighted by Gasteiger charge is 2.17. The molecule has 0 fully saturated rings. The Morgan fingerprint density at radius 3 is 2.59 bits per heavy atom. The largest absolute Gasteiger partial charge is 0.345 e. The van der Waals surface area contributed by atoms with E-state index in [9.17, 15) is 17.1 Å². The molecule has 118 valence electrons. The van der Waals surface area contributed by atoms with Crippen LogP contribution >= 0.6 is 22.9 Å². The van der Waals surface area contributed by atoms with Crippen molar-refractivity contribution in [1.29, 1.82) is 0 Å². The number of nitrogens with one attached hydrogen (secondary N) is 1. The summed E-state index contributed by atoms with van der Waals surface area (Å²) in [5, 5.41) is 11.8. The van der Waals surface area contributed by atoms with Gasteiger partial charge >= 0.3 is 10.2 Å². The van der Waals surface area contributed by atoms with Crippen molar-refractivity contribution in [2.45, 2.75) is 24.8 Å². The number of hydrogen-bond acceptors (Lipinski definition) is 6. The number of carbonyl (C=O) groups excluding carboxylic acids is 1. The van der Waals surface area contributed by atoms with Crippen molar-refractivity contribution >= 4 is 39.1 Å². The molecule has 1 N–H and O–H groups in total. The minimum atomic E-state index is -4.86. The van der Waals surface area contributed by atoms with Gasteiger partial charge in [0.2, 0.25) is 0 Å². The van der Waals surface area contributed by atoms with E-state index in [1.165, 1.54) is 11.3 Å². The van der Waals surface area contributed by atoms with Crippen molar-refractivity contribution < 1.29 is 17.1 Å². The first-order chi connectivity index (χ1) is 10.3. The molecule has 22 heavy (non-hydrogen) atoms. The predicted octanol–water partition coefficient (Wildman–Crippen LogP) is 2.34. The second-order valence-electron chi connectivity index (χ2n) is 4.21. The number of nitrogens with zero attached hydrogens (tertiary/aromatic N) is 2. The maximum Gasteiger partial charge on any atom is 0.332 e. The van der Waals surface area contributed by atoms with E-state index in [-0.39, 0.29) is 17.1 Å². The SMILES string of the molecule is CCc1nnc(CNC(=O)c2ccc(S(=O)(=O)F)cc2Cl)s1. The molecule has 1 amide bonds. The van der Waals surface area contributed by atoms with Gasteiger partial charge in [0.25, 0.3) is 5.91 Å². The number of benzene rings is 1. The number of hydrogen-bond donors (Lipinski definition) is 1. The molecule has 0 radical (unpaired) electrons. The molecule has 0 bridgehead atoms.